The van der Waals surface area contributed by atoms with Gasteiger partial charge in [0.15, 0.2) is 0 Å². The second-order valence-corrected chi connectivity index (χ2v) is 5.28. The molecule has 1 amide bonds. The zero-order valence-electron chi connectivity index (χ0n) is 11.6. The van der Waals surface area contributed by atoms with E-state index in [1.54, 1.807) is 17.9 Å². The van der Waals surface area contributed by atoms with Gasteiger partial charge in [0.05, 0.1) is 5.56 Å². The molecular formula is C15H21FN2O. The number of benzene rings is 1. The number of unbranched alkanes of at least 4 members (excludes halogenated alkanes) is 1. The molecule has 0 bridgehead atoms. The maximum Gasteiger partial charge on any atom is 0.257 e. The van der Waals surface area contributed by atoms with E-state index >= 15 is 0 Å². The Labute approximate surface area is 113 Å². The van der Waals surface area contributed by atoms with Crippen LogP contribution in [0.2, 0.25) is 0 Å². The van der Waals surface area contributed by atoms with Gasteiger partial charge < -0.3 is 10.6 Å². The van der Waals surface area contributed by atoms with Crippen LogP contribution in [0, 0.1) is 12.7 Å². The lowest BCUT2D eigenvalue weighted by molar-refractivity contribution is 0.0736. The first-order chi connectivity index (χ1) is 9.04. The lowest BCUT2D eigenvalue weighted by atomic mass is 10.1. The van der Waals surface area contributed by atoms with E-state index in [9.17, 15) is 9.18 Å². The van der Waals surface area contributed by atoms with Crippen molar-refractivity contribution in [3.8, 4) is 0 Å². The van der Waals surface area contributed by atoms with Gasteiger partial charge in [-0.15, -0.1) is 0 Å². The normalized spacial score (nSPS) is 14.5. The first-order valence-electron chi connectivity index (χ1n) is 6.91. The van der Waals surface area contributed by atoms with Crippen LogP contribution in [-0.4, -0.2) is 23.4 Å². The Morgan fingerprint density at radius 1 is 1.47 bits per heavy atom. The number of hydrogen-bond acceptors (Lipinski definition) is 2. The van der Waals surface area contributed by atoms with Gasteiger partial charge in [-0.2, -0.15) is 0 Å². The Balaban J connectivity index is 2.26. The molecule has 0 unspecified atom stereocenters. The highest BCUT2D eigenvalue weighted by molar-refractivity contribution is 5.96. The van der Waals surface area contributed by atoms with Gasteiger partial charge in [-0.25, -0.2) is 4.39 Å². The zero-order valence-corrected chi connectivity index (χ0v) is 11.6. The highest BCUT2D eigenvalue weighted by atomic mass is 19.1. The second-order valence-electron chi connectivity index (χ2n) is 5.28. The van der Waals surface area contributed by atoms with Crippen LogP contribution in [0.15, 0.2) is 12.1 Å². The van der Waals surface area contributed by atoms with Crippen molar-refractivity contribution in [3.05, 3.63) is 29.1 Å². The van der Waals surface area contributed by atoms with Gasteiger partial charge in [0.25, 0.3) is 5.91 Å². The summed E-state index contributed by atoms with van der Waals surface area (Å²) in [6, 6.07) is 3.30. The summed E-state index contributed by atoms with van der Waals surface area (Å²) in [5, 5.41) is 0. The Morgan fingerprint density at radius 2 is 2.16 bits per heavy atom. The van der Waals surface area contributed by atoms with Crippen LogP contribution >= 0.6 is 0 Å². The monoisotopic (exact) mass is 264 g/mol. The van der Waals surface area contributed by atoms with Crippen LogP contribution < -0.4 is 5.73 Å². The standard InChI is InChI=1S/C15H21FN2O/c1-3-4-7-18(12-5-6-12)15(19)13-9-11(17)8-10(2)14(13)16/h8-9,12H,3-7,17H2,1-2H3. The number of nitrogens with two attached hydrogens (primary N) is 1. The number of hydrogen-bond donors (Lipinski definition) is 1. The van der Waals surface area contributed by atoms with Crippen molar-refractivity contribution in [1.82, 2.24) is 4.90 Å². The van der Waals surface area contributed by atoms with Gasteiger partial charge in [0.1, 0.15) is 5.82 Å². The molecule has 2 rings (SSSR count). The lowest BCUT2D eigenvalue weighted by Crippen LogP contribution is -2.34. The minimum atomic E-state index is -0.443. The molecule has 0 atom stereocenters. The molecule has 2 N–H and O–H groups in total. The summed E-state index contributed by atoms with van der Waals surface area (Å²) in [5.74, 6) is -0.662. The molecule has 0 aliphatic heterocycles. The predicted octanol–water partition coefficient (Wildman–Crippen LogP) is 3.12. The SMILES string of the molecule is CCCCN(C(=O)c1cc(N)cc(C)c1F)C1CC1. The van der Waals surface area contributed by atoms with E-state index in [1.807, 2.05) is 0 Å². The molecule has 1 aromatic carbocycles. The Bertz CT molecular complexity index is 483. The quantitative estimate of drug-likeness (QED) is 0.830. The molecule has 19 heavy (non-hydrogen) atoms. The summed E-state index contributed by atoms with van der Waals surface area (Å²) in [4.78, 5) is 14.3. The first kappa shape index (κ1) is 13.8. The molecule has 104 valence electrons. The van der Waals surface area contributed by atoms with Crippen molar-refractivity contribution in [2.75, 3.05) is 12.3 Å². The smallest absolute Gasteiger partial charge is 0.257 e. The van der Waals surface area contributed by atoms with Gasteiger partial charge in [-0.05, 0) is 43.9 Å². The number of aryl methyl sites for hydroxylation is 1. The van der Waals surface area contributed by atoms with Crippen LogP contribution in [-0.2, 0) is 0 Å². The fourth-order valence-corrected chi connectivity index (χ4v) is 2.27. The van der Waals surface area contributed by atoms with Gasteiger partial charge in [-0.3, -0.25) is 4.79 Å². The van der Waals surface area contributed by atoms with Gasteiger partial charge >= 0.3 is 0 Å². The van der Waals surface area contributed by atoms with Crippen molar-refractivity contribution in [2.24, 2.45) is 0 Å². The van der Waals surface area contributed by atoms with Crippen molar-refractivity contribution < 1.29 is 9.18 Å². The highest BCUT2D eigenvalue weighted by Gasteiger charge is 2.33. The van der Waals surface area contributed by atoms with Crippen molar-refractivity contribution in [2.45, 2.75) is 45.6 Å². The Morgan fingerprint density at radius 3 is 2.74 bits per heavy atom. The molecule has 0 aromatic heterocycles. The van der Waals surface area contributed by atoms with Crippen LogP contribution in [0.25, 0.3) is 0 Å². The molecular weight excluding hydrogens is 243 g/mol. The summed E-state index contributed by atoms with van der Waals surface area (Å²) in [7, 11) is 0. The highest BCUT2D eigenvalue weighted by Crippen LogP contribution is 2.30. The maximum atomic E-state index is 14.1. The topological polar surface area (TPSA) is 46.3 Å². The summed E-state index contributed by atoms with van der Waals surface area (Å²) >= 11 is 0. The molecule has 1 aromatic rings. The molecule has 1 fully saturated rings. The average Bonchev–Trinajstić information content (AvgIpc) is 3.18. The minimum absolute atomic E-state index is 0.112. The van der Waals surface area contributed by atoms with E-state index in [2.05, 4.69) is 6.92 Å². The maximum absolute atomic E-state index is 14.1. The number of nitrogen functional groups attached to an aromatic ring is 1. The van der Waals surface area contributed by atoms with E-state index in [0.29, 0.717) is 23.8 Å². The number of anilines is 1. The average molecular weight is 264 g/mol. The van der Waals surface area contributed by atoms with Gasteiger partial charge in [0.2, 0.25) is 0 Å². The summed E-state index contributed by atoms with van der Waals surface area (Å²) < 4.78 is 14.1. The first-order valence-corrected chi connectivity index (χ1v) is 6.91. The Kier molecular flexibility index (Phi) is 4.08. The third kappa shape index (κ3) is 3.06. The number of nitrogens with zero attached hydrogens (tertiary/aromatic N) is 1. The lowest BCUT2D eigenvalue weighted by Gasteiger charge is -2.23. The molecule has 0 heterocycles. The number of amides is 1. The number of carbonyl (C=O) groups is 1. The molecule has 0 spiro atoms. The molecule has 1 aliphatic carbocycles. The van der Waals surface area contributed by atoms with E-state index in [-0.39, 0.29) is 11.5 Å². The minimum Gasteiger partial charge on any atom is -0.399 e. The van der Waals surface area contributed by atoms with E-state index in [4.69, 9.17) is 5.73 Å². The fourth-order valence-electron chi connectivity index (χ4n) is 2.27. The van der Waals surface area contributed by atoms with Crippen molar-refractivity contribution in [1.29, 1.82) is 0 Å². The predicted molar refractivity (Wildman–Crippen MR) is 74.5 cm³/mol. The Hall–Kier alpha value is -1.58. The third-order valence-electron chi connectivity index (χ3n) is 3.51. The zero-order chi connectivity index (χ0) is 14.0. The van der Waals surface area contributed by atoms with Crippen LogP contribution in [0.1, 0.15) is 48.5 Å². The van der Waals surface area contributed by atoms with Crippen molar-refractivity contribution >= 4 is 11.6 Å². The summed E-state index contributed by atoms with van der Waals surface area (Å²) in [6.45, 7) is 4.42. The van der Waals surface area contributed by atoms with Gasteiger partial charge in [0, 0.05) is 18.3 Å². The van der Waals surface area contributed by atoms with Crippen LogP contribution in [0.5, 0.6) is 0 Å². The second kappa shape index (κ2) is 5.59. The number of carbonyl (C=O) groups excluding carboxylic acids is 1. The number of halogens is 1. The summed E-state index contributed by atoms with van der Waals surface area (Å²) in [5.41, 5.74) is 6.70. The van der Waals surface area contributed by atoms with Crippen LogP contribution in [0.3, 0.4) is 0 Å². The molecule has 1 aliphatic rings. The van der Waals surface area contributed by atoms with E-state index in [1.165, 1.54) is 6.07 Å². The van der Waals surface area contributed by atoms with Crippen LogP contribution in [0.4, 0.5) is 10.1 Å². The van der Waals surface area contributed by atoms with E-state index in [0.717, 1.165) is 25.7 Å². The molecule has 0 saturated heterocycles. The summed E-state index contributed by atoms with van der Waals surface area (Å²) in [6.07, 6.45) is 4.02. The fraction of sp³-hybridized carbons (Fsp3) is 0.533. The molecule has 1 saturated carbocycles. The molecule has 4 heteroatoms. The van der Waals surface area contributed by atoms with Gasteiger partial charge in [-0.1, -0.05) is 13.3 Å². The van der Waals surface area contributed by atoms with Crippen molar-refractivity contribution in [3.63, 3.8) is 0 Å². The molecule has 0 radical (unpaired) electrons. The number of rotatable bonds is 5. The third-order valence-corrected chi connectivity index (χ3v) is 3.51. The molecule has 3 nitrogen and oxygen atoms in total. The largest absolute Gasteiger partial charge is 0.399 e. The van der Waals surface area contributed by atoms with E-state index < -0.39 is 5.82 Å².